The van der Waals surface area contributed by atoms with Gasteiger partial charge in [-0.15, -0.1) is 0 Å². The highest BCUT2D eigenvalue weighted by molar-refractivity contribution is 5.95. The number of fused-ring (bicyclic) bond motifs is 1. The van der Waals surface area contributed by atoms with Gasteiger partial charge in [0, 0.05) is 42.2 Å². The van der Waals surface area contributed by atoms with E-state index in [-0.39, 0.29) is 17.3 Å². The van der Waals surface area contributed by atoms with Gasteiger partial charge in [-0.25, -0.2) is 4.39 Å². The Balaban J connectivity index is 1.81. The SMILES string of the molecule is CCn1cc([C@@H](NC(=O)c2ccc(=O)[nH]c2)c2ccc(F)cc2)c2ccncc21. The van der Waals surface area contributed by atoms with E-state index in [4.69, 9.17) is 0 Å². The Morgan fingerprint density at radius 2 is 2.00 bits per heavy atom. The van der Waals surface area contributed by atoms with E-state index in [0.717, 1.165) is 28.6 Å². The third-order valence-corrected chi connectivity index (χ3v) is 4.89. The molecule has 0 aliphatic rings. The number of hydrogen-bond donors (Lipinski definition) is 2. The first-order valence-electron chi connectivity index (χ1n) is 9.24. The zero-order chi connectivity index (χ0) is 20.4. The zero-order valence-corrected chi connectivity index (χ0v) is 15.7. The normalized spacial score (nSPS) is 12.1. The smallest absolute Gasteiger partial charge is 0.253 e. The summed E-state index contributed by atoms with van der Waals surface area (Å²) in [7, 11) is 0. The number of amides is 1. The van der Waals surface area contributed by atoms with E-state index in [2.05, 4.69) is 19.9 Å². The van der Waals surface area contributed by atoms with Gasteiger partial charge >= 0.3 is 0 Å². The number of benzene rings is 1. The van der Waals surface area contributed by atoms with Gasteiger partial charge in [-0.1, -0.05) is 12.1 Å². The van der Waals surface area contributed by atoms with Crippen LogP contribution in [0.25, 0.3) is 10.9 Å². The topological polar surface area (TPSA) is 79.8 Å². The van der Waals surface area contributed by atoms with Crippen LogP contribution in [0.2, 0.25) is 0 Å². The van der Waals surface area contributed by atoms with Crippen molar-refractivity contribution in [2.75, 3.05) is 0 Å². The van der Waals surface area contributed by atoms with E-state index >= 15 is 0 Å². The predicted octanol–water partition coefficient (Wildman–Crippen LogP) is 3.40. The van der Waals surface area contributed by atoms with Gasteiger partial charge in [0.1, 0.15) is 5.82 Å². The van der Waals surface area contributed by atoms with E-state index < -0.39 is 6.04 Å². The van der Waals surface area contributed by atoms with Crippen LogP contribution in [0.15, 0.2) is 72.0 Å². The molecule has 0 unspecified atom stereocenters. The summed E-state index contributed by atoms with van der Waals surface area (Å²) >= 11 is 0. The summed E-state index contributed by atoms with van der Waals surface area (Å²) in [6, 6.07) is 10.2. The number of H-pyrrole nitrogens is 1. The Morgan fingerprint density at radius 3 is 2.69 bits per heavy atom. The van der Waals surface area contributed by atoms with Crippen LogP contribution in [0.3, 0.4) is 0 Å². The zero-order valence-electron chi connectivity index (χ0n) is 15.7. The number of rotatable bonds is 5. The molecule has 146 valence electrons. The molecule has 3 aromatic heterocycles. The number of nitrogens with one attached hydrogen (secondary N) is 2. The minimum absolute atomic E-state index is 0.282. The van der Waals surface area contributed by atoms with Crippen LogP contribution in [0.5, 0.6) is 0 Å². The number of carbonyl (C=O) groups is 1. The second-order valence-electron chi connectivity index (χ2n) is 6.66. The molecular formula is C22H19FN4O2. The lowest BCUT2D eigenvalue weighted by atomic mass is 9.98. The van der Waals surface area contributed by atoms with Crippen molar-refractivity contribution in [3.8, 4) is 0 Å². The fraction of sp³-hybridized carbons (Fsp3) is 0.136. The van der Waals surface area contributed by atoms with Crippen LogP contribution in [0.4, 0.5) is 4.39 Å². The van der Waals surface area contributed by atoms with Crippen LogP contribution < -0.4 is 10.9 Å². The molecule has 7 heteroatoms. The lowest BCUT2D eigenvalue weighted by Crippen LogP contribution is -2.29. The highest BCUT2D eigenvalue weighted by atomic mass is 19.1. The van der Waals surface area contributed by atoms with E-state index in [1.807, 2.05) is 19.2 Å². The molecule has 1 amide bonds. The number of carbonyl (C=O) groups excluding carboxylic acids is 1. The molecule has 3 heterocycles. The van der Waals surface area contributed by atoms with Gasteiger partial charge < -0.3 is 14.9 Å². The second-order valence-corrected chi connectivity index (χ2v) is 6.66. The fourth-order valence-corrected chi connectivity index (χ4v) is 3.42. The second kappa shape index (κ2) is 7.71. The fourth-order valence-electron chi connectivity index (χ4n) is 3.42. The number of aromatic nitrogens is 3. The van der Waals surface area contributed by atoms with Gasteiger partial charge in [0.2, 0.25) is 5.56 Å². The molecule has 1 atom stereocenters. The lowest BCUT2D eigenvalue weighted by molar-refractivity contribution is 0.0943. The first-order chi connectivity index (χ1) is 14.1. The van der Waals surface area contributed by atoms with Crippen LogP contribution in [-0.4, -0.2) is 20.4 Å². The summed E-state index contributed by atoms with van der Waals surface area (Å²) in [5.74, 6) is -0.693. The maximum absolute atomic E-state index is 13.5. The van der Waals surface area contributed by atoms with Crippen molar-refractivity contribution in [2.24, 2.45) is 0 Å². The number of aromatic amines is 1. The molecule has 4 aromatic rings. The molecule has 2 N–H and O–H groups in total. The Hall–Kier alpha value is -3.74. The van der Waals surface area contributed by atoms with E-state index in [1.54, 1.807) is 24.5 Å². The minimum atomic E-state index is -0.507. The number of nitrogens with zero attached hydrogens (tertiary/aromatic N) is 2. The van der Waals surface area contributed by atoms with Crippen LogP contribution >= 0.6 is 0 Å². The highest BCUT2D eigenvalue weighted by Crippen LogP contribution is 2.31. The van der Waals surface area contributed by atoms with Crippen molar-refractivity contribution in [1.82, 2.24) is 19.9 Å². The molecule has 0 fully saturated rings. The van der Waals surface area contributed by atoms with Crippen molar-refractivity contribution >= 4 is 16.8 Å². The molecule has 4 rings (SSSR count). The van der Waals surface area contributed by atoms with Crippen molar-refractivity contribution < 1.29 is 9.18 Å². The van der Waals surface area contributed by atoms with E-state index in [0.29, 0.717) is 5.56 Å². The minimum Gasteiger partial charge on any atom is -0.346 e. The Morgan fingerprint density at radius 1 is 1.21 bits per heavy atom. The van der Waals surface area contributed by atoms with Gasteiger partial charge in [-0.05, 0) is 36.8 Å². The van der Waals surface area contributed by atoms with Gasteiger partial charge in [0.05, 0.1) is 23.3 Å². The average molecular weight is 390 g/mol. The third kappa shape index (κ3) is 3.67. The quantitative estimate of drug-likeness (QED) is 0.548. The Labute approximate surface area is 166 Å². The highest BCUT2D eigenvalue weighted by Gasteiger charge is 2.22. The molecule has 29 heavy (non-hydrogen) atoms. The molecule has 0 saturated heterocycles. The van der Waals surface area contributed by atoms with Gasteiger partial charge in [0.25, 0.3) is 5.91 Å². The summed E-state index contributed by atoms with van der Waals surface area (Å²) in [6.07, 6.45) is 6.84. The molecular weight excluding hydrogens is 371 g/mol. The summed E-state index contributed by atoms with van der Waals surface area (Å²) in [4.78, 5) is 30.9. The third-order valence-electron chi connectivity index (χ3n) is 4.89. The van der Waals surface area contributed by atoms with E-state index in [1.165, 1.54) is 30.5 Å². The lowest BCUT2D eigenvalue weighted by Gasteiger charge is -2.19. The summed E-state index contributed by atoms with van der Waals surface area (Å²) in [5, 5.41) is 3.97. The molecule has 0 saturated carbocycles. The Bertz CT molecular complexity index is 1210. The maximum atomic E-state index is 13.5. The van der Waals surface area contributed by atoms with Gasteiger partial charge in [-0.2, -0.15) is 0 Å². The van der Waals surface area contributed by atoms with Gasteiger partial charge in [-0.3, -0.25) is 14.6 Å². The standard InChI is InChI=1S/C22H19FN4O2/c1-2-27-13-18(17-9-10-24-12-19(17)27)21(14-3-6-16(23)7-4-14)26-22(29)15-5-8-20(28)25-11-15/h3-13,21H,2H2,1H3,(H,25,28)(H,26,29)/t21-/m0/s1. The number of halogens is 1. The van der Waals surface area contributed by atoms with Crippen molar-refractivity contribution in [3.05, 3.63) is 100 Å². The van der Waals surface area contributed by atoms with Gasteiger partial charge in [0.15, 0.2) is 0 Å². The predicted molar refractivity (Wildman–Crippen MR) is 108 cm³/mol. The molecule has 0 bridgehead atoms. The van der Waals surface area contributed by atoms with Crippen molar-refractivity contribution in [1.29, 1.82) is 0 Å². The van der Waals surface area contributed by atoms with Crippen LogP contribution in [0, 0.1) is 5.82 Å². The average Bonchev–Trinajstić information content (AvgIpc) is 3.12. The number of pyridine rings is 2. The molecule has 0 spiro atoms. The van der Waals surface area contributed by atoms with E-state index in [9.17, 15) is 14.0 Å². The summed E-state index contributed by atoms with van der Waals surface area (Å²) in [5.41, 5.74) is 2.63. The monoisotopic (exact) mass is 390 g/mol. The molecule has 0 radical (unpaired) electrons. The summed E-state index contributed by atoms with van der Waals surface area (Å²) in [6.45, 7) is 2.77. The first kappa shape index (κ1) is 18.6. The maximum Gasteiger partial charge on any atom is 0.253 e. The Kier molecular flexibility index (Phi) is 4.95. The number of aryl methyl sites for hydroxylation is 1. The number of hydrogen-bond acceptors (Lipinski definition) is 3. The summed E-state index contributed by atoms with van der Waals surface area (Å²) < 4.78 is 15.6. The van der Waals surface area contributed by atoms with Crippen LogP contribution in [0.1, 0.15) is 34.5 Å². The molecule has 0 aliphatic carbocycles. The van der Waals surface area contributed by atoms with Crippen LogP contribution in [-0.2, 0) is 6.54 Å². The molecule has 1 aromatic carbocycles. The molecule has 6 nitrogen and oxygen atoms in total. The molecule has 0 aliphatic heterocycles. The van der Waals surface area contributed by atoms with Crippen molar-refractivity contribution in [3.63, 3.8) is 0 Å². The first-order valence-corrected chi connectivity index (χ1v) is 9.24. The largest absolute Gasteiger partial charge is 0.346 e. The van der Waals surface area contributed by atoms with Crippen molar-refractivity contribution in [2.45, 2.75) is 19.5 Å².